The second kappa shape index (κ2) is 7.79. The molecule has 0 bridgehead atoms. The number of benzene rings is 2. The summed E-state index contributed by atoms with van der Waals surface area (Å²) in [5, 5.41) is 0. The van der Waals surface area contributed by atoms with Crippen LogP contribution in [0.3, 0.4) is 0 Å². The summed E-state index contributed by atoms with van der Waals surface area (Å²) in [7, 11) is 7.33. The van der Waals surface area contributed by atoms with Crippen molar-refractivity contribution in [3.8, 4) is 34.1 Å². The minimum Gasteiger partial charge on any atom is -0.493 e. The largest absolute Gasteiger partial charge is 0.493 e. The molecule has 1 aliphatic heterocycles. The fraction of sp³-hybridized carbons (Fsp3) is 0.500. The SMILES string of the molecule is CCC(C)Oc1cc2c(cc1OC)-c1c(OC)c(OC)cc3c1[C@H](C2)N(C)CC3. The summed E-state index contributed by atoms with van der Waals surface area (Å²) in [5.74, 6) is 3.15. The first-order chi connectivity index (χ1) is 14.0. The van der Waals surface area contributed by atoms with Gasteiger partial charge in [-0.3, -0.25) is 4.90 Å². The molecule has 5 nitrogen and oxygen atoms in total. The molecule has 5 heteroatoms. The third-order valence-electron chi connectivity index (χ3n) is 6.37. The Hall–Kier alpha value is -2.40. The second-order valence-corrected chi connectivity index (χ2v) is 8.01. The predicted molar refractivity (Wildman–Crippen MR) is 115 cm³/mol. The fourth-order valence-electron chi connectivity index (χ4n) is 4.61. The number of nitrogens with zero attached hydrogens (tertiary/aromatic N) is 1. The van der Waals surface area contributed by atoms with Gasteiger partial charge in [0.2, 0.25) is 0 Å². The zero-order chi connectivity index (χ0) is 20.7. The van der Waals surface area contributed by atoms with E-state index in [1.165, 1.54) is 16.7 Å². The summed E-state index contributed by atoms with van der Waals surface area (Å²) in [5.41, 5.74) is 6.25. The van der Waals surface area contributed by atoms with Gasteiger partial charge in [-0.15, -0.1) is 0 Å². The van der Waals surface area contributed by atoms with E-state index in [1.54, 1.807) is 21.3 Å². The highest BCUT2D eigenvalue weighted by atomic mass is 16.5. The molecule has 0 saturated carbocycles. The van der Waals surface area contributed by atoms with Crippen LogP contribution in [-0.2, 0) is 12.8 Å². The van der Waals surface area contributed by atoms with Crippen LogP contribution in [-0.4, -0.2) is 45.9 Å². The Balaban J connectivity index is 1.97. The van der Waals surface area contributed by atoms with Crippen molar-refractivity contribution >= 4 is 0 Å². The van der Waals surface area contributed by atoms with Crippen molar-refractivity contribution in [2.24, 2.45) is 0 Å². The maximum absolute atomic E-state index is 6.18. The molecule has 0 fully saturated rings. The molecule has 2 atom stereocenters. The highest BCUT2D eigenvalue weighted by Gasteiger charge is 2.37. The molecular weight excluding hydrogens is 366 g/mol. The third-order valence-corrected chi connectivity index (χ3v) is 6.37. The lowest BCUT2D eigenvalue weighted by Gasteiger charge is -2.40. The number of methoxy groups -OCH3 is 3. The number of hydrogen-bond acceptors (Lipinski definition) is 5. The highest BCUT2D eigenvalue weighted by Crippen LogP contribution is 2.54. The Morgan fingerprint density at radius 1 is 1.00 bits per heavy atom. The standard InChI is InChI=1S/C24H31NO4/c1-7-14(2)29-20-12-16-10-18-22-15(8-9-25(18)3)11-21(27-5)24(28-6)23(22)17(16)13-19(20)26-4/h11-14,18H,7-10H2,1-6H3/t14?,18-/m0/s1. The lowest BCUT2D eigenvalue weighted by molar-refractivity contribution is 0.206. The van der Waals surface area contributed by atoms with E-state index < -0.39 is 0 Å². The Morgan fingerprint density at radius 3 is 2.38 bits per heavy atom. The zero-order valence-corrected chi connectivity index (χ0v) is 18.3. The predicted octanol–water partition coefficient (Wildman–Crippen LogP) is 4.64. The molecule has 4 rings (SSSR count). The van der Waals surface area contributed by atoms with Gasteiger partial charge in [-0.1, -0.05) is 6.92 Å². The highest BCUT2D eigenvalue weighted by molar-refractivity contribution is 5.85. The molecular formula is C24H31NO4. The van der Waals surface area contributed by atoms with Crippen molar-refractivity contribution in [2.75, 3.05) is 34.9 Å². The molecule has 1 heterocycles. The minimum absolute atomic E-state index is 0.136. The molecule has 29 heavy (non-hydrogen) atoms. The van der Waals surface area contributed by atoms with E-state index >= 15 is 0 Å². The van der Waals surface area contributed by atoms with E-state index in [4.69, 9.17) is 18.9 Å². The molecule has 0 aromatic heterocycles. The van der Waals surface area contributed by atoms with Gasteiger partial charge in [0, 0.05) is 18.2 Å². The summed E-state index contributed by atoms with van der Waals surface area (Å²) in [6.07, 6.45) is 3.04. The molecule has 0 saturated heterocycles. The molecule has 2 aliphatic rings. The maximum Gasteiger partial charge on any atom is 0.168 e. The average molecular weight is 398 g/mol. The van der Waals surface area contributed by atoms with Gasteiger partial charge in [0.25, 0.3) is 0 Å². The molecule has 2 aromatic carbocycles. The van der Waals surface area contributed by atoms with E-state index in [0.717, 1.165) is 59.9 Å². The van der Waals surface area contributed by atoms with Crippen LogP contribution in [0.2, 0.25) is 0 Å². The van der Waals surface area contributed by atoms with Crippen LogP contribution in [0, 0.1) is 0 Å². The van der Waals surface area contributed by atoms with Crippen molar-refractivity contribution in [1.29, 1.82) is 0 Å². The Morgan fingerprint density at radius 2 is 1.72 bits per heavy atom. The normalized spacial score (nSPS) is 18.5. The second-order valence-electron chi connectivity index (χ2n) is 8.01. The van der Waals surface area contributed by atoms with Crippen LogP contribution in [0.1, 0.15) is 43.0 Å². The topological polar surface area (TPSA) is 40.2 Å². The molecule has 0 N–H and O–H groups in total. The summed E-state index contributed by atoms with van der Waals surface area (Å²) in [6.45, 7) is 5.25. The molecule has 0 amide bonds. The lowest BCUT2D eigenvalue weighted by Crippen LogP contribution is -2.35. The first-order valence-electron chi connectivity index (χ1n) is 10.4. The lowest BCUT2D eigenvalue weighted by atomic mass is 9.76. The van der Waals surface area contributed by atoms with Gasteiger partial charge in [-0.25, -0.2) is 0 Å². The molecule has 0 radical (unpaired) electrons. The summed E-state index contributed by atoms with van der Waals surface area (Å²) in [4.78, 5) is 2.44. The zero-order valence-electron chi connectivity index (χ0n) is 18.3. The Bertz CT molecular complexity index is 924. The van der Waals surface area contributed by atoms with E-state index in [2.05, 4.69) is 44.0 Å². The third kappa shape index (κ3) is 3.21. The van der Waals surface area contributed by atoms with Gasteiger partial charge in [0.15, 0.2) is 23.0 Å². The van der Waals surface area contributed by atoms with Crippen LogP contribution >= 0.6 is 0 Å². The minimum atomic E-state index is 0.136. The first-order valence-corrected chi connectivity index (χ1v) is 10.4. The van der Waals surface area contributed by atoms with Crippen molar-refractivity contribution < 1.29 is 18.9 Å². The summed E-state index contributed by atoms with van der Waals surface area (Å²) < 4.78 is 23.5. The molecule has 1 aliphatic carbocycles. The van der Waals surface area contributed by atoms with E-state index in [9.17, 15) is 0 Å². The number of fused-ring (bicyclic) bond motifs is 2. The van der Waals surface area contributed by atoms with Gasteiger partial charge >= 0.3 is 0 Å². The molecule has 2 aromatic rings. The number of likely N-dealkylation sites (N-methyl/N-ethyl adjacent to an activating group) is 1. The van der Waals surface area contributed by atoms with E-state index in [1.807, 2.05) is 0 Å². The molecule has 1 unspecified atom stereocenters. The van der Waals surface area contributed by atoms with Gasteiger partial charge in [0.05, 0.1) is 27.4 Å². The quantitative estimate of drug-likeness (QED) is 0.710. The van der Waals surface area contributed by atoms with Crippen molar-refractivity contribution in [1.82, 2.24) is 4.90 Å². The fourth-order valence-corrected chi connectivity index (χ4v) is 4.61. The van der Waals surface area contributed by atoms with Gasteiger partial charge in [-0.2, -0.15) is 0 Å². The van der Waals surface area contributed by atoms with Crippen LogP contribution in [0.15, 0.2) is 18.2 Å². The van der Waals surface area contributed by atoms with Crippen LogP contribution in [0.4, 0.5) is 0 Å². The summed E-state index contributed by atoms with van der Waals surface area (Å²) in [6, 6.07) is 6.74. The number of hydrogen-bond donors (Lipinski definition) is 0. The number of rotatable bonds is 6. The van der Waals surface area contributed by atoms with Crippen LogP contribution in [0.25, 0.3) is 11.1 Å². The van der Waals surface area contributed by atoms with Gasteiger partial charge in [0.1, 0.15) is 0 Å². The average Bonchev–Trinajstić information content (AvgIpc) is 2.74. The van der Waals surface area contributed by atoms with E-state index in [-0.39, 0.29) is 6.10 Å². The van der Waals surface area contributed by atoms with Gasteiger partial charge in [-0.05, 0) is 73.7 Å². The van der Waals surface area contributed by atoms with Crippen LogP contribution < -0.4 is 18.9 Å². The van der Waals surface area contributed by atoms with Gasteiger partial charge < -0.3 is 18.9 Å². The summed E-state index contributed by atoms with van der Waals surface area (Å²) >= 11 is 0. The van der Waals surface area contributed by atoms with Crippen molar-refractivity contribution in [3.63, 3.8) is 0 Å². The van der Waals surface area contributed by atoms with E-state index in [0.29, 0.717) is 6.04 Å². The Kier molecular flexibility index (Phi) is 5.34. The maximum atomic E-state index is 6.18. The molecule has 156 valence electrons. The first kappa shape index (κ1) is 19.9. The van der Waals surface area contributed by atoms with Crippen molar-refractivity contribution in [2.45, 2.75) is 45.3 Å². The Labute approximate surface area is 173 Å². The van der Waals surface area contributed by atoms with Crippen molar-refractivity contribution in [3.05, 3.63) is 34.9 Å². The number of ether oxygens (including phenoxy) is 4. The van der Waals surface area contributed by atoms with Crippen LogP contribution in [0.5, 0.6) is 23.0 Å². The molecule has 0 spiro atoms. The monoisotopic (exact) mass is 397 g/mol. The smallest absolute Gasteiger partial charge is 0.168 e.